The average molecular weight is 458 g/mol. The van der Waals surface area contributed by atoms with Crippen LogP contribution in [0.2, 0.25) is 0 Å². The van der Waals surface area contributed by atoms with Gasteiger partial charge in [0.15, 0.2) is 0 Å². The summed E-state index contributed by atoms with van der Waals surface area (Å²) in [6, 6.07) is 17.7. The predicted octanol–water partition coefficient (Wildman–Crippen LogP) is 4.68. The molecule has 2 aromatic carbocycles. The second-order valence-corrected chi connectivity index (χ2v) is 10.4. The lowest BCUT2D eigenvalue weighted by molar-refractivity contribution is 0.00370. The van der Waals surface area contributed by atoms with Crippen LogP contribution in [-0.2, 0) is 17.8 Å². The van der Waals surface area contributed by atoms with Gasteiger partial charge in [-0.1, -0.05) is 41.6 Å². The molecule has 3 aliphatic rings. The van der Waals surface area contributed by atoms with Crippen LogP contribution in [0.4, 0.5) is 5.69 Å². The van der Waals surface area contributed by atoms with E-state index in [1.165, 1.54) is 48.1 Å². The minimum Gasteiger partial charge on any atom is -0.376 e. The molecule has 1 spiro atoms. The normalized spacial score (nSPS) is 22.3. The molecule has 3 aromatic rings. The summed E-state index contributed by atoms with van der Waals surface area (Å²) >= 11 is 0. The van der Waals surface area contributed by atoms with Crippen molar-refractivity contribution in [3.63, 3.8) is 0 Å². The van der Waals surface area contributed by atoms with Crippen molar-refractivity contribution < 1.29 is 4.74 Å². The topological polar surface area (TPSA) is 46.4 Å². The van der Waals surface area contributed by atoms with Gasteiger partial charge in [0.25, 0.3) is 0 Å². The van der Waals surface area contributed by atoms with Crippen LogP contribution in [0, 0.1) is 6.92 Å². The predicted molar refractivity (Wildman–Crippen MR) is 135 cm³/mol. The van der Waals surface area contributed by atoms with Crippen molar-refractivity contribution in [1.82, 2.24) is 19.9 Å². The lowest BCUT2D eigenvalue weighted by atomic mass is 9.86. The minimum absolute atomic E-state index is 0.266. The Morgan fingerprint density at radius 2 is 1.94 bits per heavy atom. The van der Waals surface area contributed by atoms with E-state index in [2.05, 4.69) is 81.8 Å². The smallest absolute Gasteiger partial charge is 0.113 e. The van der Waals surface area contributed by atoms with Crippen molar-refractivity contribution in [3.8, 4) is 11.3 Å². The Balaban J connectivity index is 1.13. The molecule has 0 amide bonds. The van der Waals surface area contributed by atoms with E-state index in [1.807, 2.05) is 4.68 Å². The van der Waals surface area contributed by atoms with Crippen molar-refractivity contribution in [2.24, 2.45) is 0 Å². The molecule has 1 aromatic heterocycles. The highest BCUT2D eigenvalue weighted by molar-refractivity contribution is 5.67. The van der Waals surface area contributed by atoms with Gasteiger partial charge in [0.1, 0.15) is 5.69 Å². The number of hydrogen-bond acceptors (Lipinski definition) is 5. The largest absolute Gasteiger partial charge is 0.376 e. The number of nitrogens with zero attached hydrogens (tertiary/aromatic N) is 5. The average Bonchev–Trinajstić information content (AvgIpc) is 3.48. The van der Waals surface area contributed by atoms with Gasteiger partial charge in [0, 0.05) is 44.0 Å². The number of aryl methyl sites for hydroxylation is 1. The van der Waals surface area contributed by atoms with E-state index in [0.29, 0.717) is 5.54 Å². The molecular weight excluding hydrogens is 422 g/mol. The molecule has 3 aliphatic heterocycles. The van der Waals surface area contributed by atoms with Gasteiger partial charge in [-0.3, -0.25) is 4.90 Å². The molecule has 3 saturated heterocycles. The number of hydrogen-bond donors (Lipinski definition) is 0. The highest BCUT2D eigenvalue weighted by Crippen LogP contribution is 2.42. The zero-order valence-electron chi connectivity index (χ0n) is 20.2. The molecule has 0 N–H and O–H groups in total. The van der Waals surface area contributed by atoms with E-state index in [-0.39, 0.29) is 6.10 Å². The first-order valence-corrected chi connectivity index (χ1v) is 12.9. The Kier molecular flexibility index (Phi) is 5.87. The van der Waals surface area contributed by atoms with Gasteiger partial charge in [-0.15, -0.1) is 5.10 Å². The number of aromatic nitrogens is 3. The monoisotopic (exact) mass is 457 g/mol. The molecule has 0 radical (unpaired) electrons. The fraction of sp³-hybridized carbons (Fsp3) is 0.500. The van der Waals surface area contributed by atoms with Gasteiger partial charge < -0.3 is 9.64 Å². The Labute approximate surface area is 202 Å². The third-order valence-corrected chi connectivity index (χ3v) is 7.88. The van der Waals surface area contributed by atoms with Crippen molar-refractivity contribution in [1.29, 1.82) is 0 Å². The number of likely N-dealkylation sites (tertiary alicyclic amines) is 1. The van der Waals surface area contributed by atoms with E-state index in [4.69, 9.17) is 4.74 Å². The van der Waals surface area contributed by atoms with Crippen LogP contribution in [0.15, 0.2) is 54.7 Å². The van der Waals surface area contributed by atoms with E-state index >= 15 is 0 Å². The quantitative estimate of drug-likeness (QED) is 0.538. The minimum atomic E-state index is 0.266. The zero-order chi connectivity index (χ0) is 23.0. The molecular formula is C28H35N5O. The maximum absolute atomic E-state index is 5.87. The molecule has 1 unspecified atom stereocenters. The molecule has 34 heavy (non-hydrogen) atoms. The first-order valence-electron chi connectivity index (χ1n) is 12.9. The fourth-order valence-electron chi connectivity index (χ4n) is 6.18. The van der Waals surface area contributed by atoms with Crippen molar-refractivity contribution in [2.75, 3.05) is 31.1 Å². The summed E-state index contributed by atoms with van der Waals surface area (Å²) in [5.41, 5.74) is 6.44. The second kappa shape index (κ2) is 9.16. The van der Waals surface area contributed by atoms with Gasteiger partial charge in [0.05, 0.1) is 24.4 Å². The molecule has 0 saturated carbocycles. The SMILES string of the molecule is Cc1cc(N2CCCC23CN(Cc2ccccc2)C3)ccc1-c1cn(CC2CCCCO2)nn1. The molecule has 1 atom stereocenters. The molecule has 6 heteroatoms. The van der Waals surface area contributed by atoms with Crippen molar-refractivity contribution in [3.05, 3.63) is 65.9 Å². The molecule has 6 nitrogen and oxygen atoms in total. The summed E-state index contributed by atoms with van der Waals surface area (Å²) in [7, 11) is 0. The summed E-state index contributed by atoms with van der Waals surface area (Å²) < 4.78 is 7.82. The van der Waals surface area contributed by atoms with E-state index < -0.39 is 0 Å². The Bertz CT molecular complexity index is 1110. The molecule has 178 valence electrons. The van der Waals surface area contributed by atoms with Gasteiger partial charge in [-0.05, 0) is 62.3 Å². The van der Waals surface area contributed by atoms with Crippen LogP contribution in [0.25, 0.3) is 11.3 Å². The van der Waals surface area contributed by atoms with Crippen LogP contribution in [0.1, 0.15) is 43.2 Å². The number of ether oxygens (including phenoxy) is 1. The molecule has 6 rings (SSSR count). The highest BCUT2D eigenvalue weighted by atomic mass is 16.5. The molecule has 3 fully saturated rings. The lowest BCUT2D eigenvalue weighted by Gasteiger charge is -2.54. The number of rotatable bonds is 6. The Hall–Kier alpha value is -2.70. The van der Waals surface area contributed by atoms with Crippen LogP contribution < -0.4 is 4.90 Å². The molecule has 0 bridgehead atoms. The summed E-state index contributed by atoms with van der Waals surface area (Å²) in [6.07, 6.45) is 8.44. The summed E-state index contributed by atoms with van der Waals surface area (Å²) in [5.74, 6) is 0. The highest BCUT2D eigenvalue weighted by Gasteiger charge is 2.50. The summed E-state index contributed by atoms with van der Waals surface area (Å²) in [5, 5.41) is 8.87. The maximum Gasteiger partial charge on any atom is 0.113 e. The third-order valence-electron chi connectivity index (χ3n) is 7.88. The van der Waals surface area contributed by atoms with E-state index in [1.54, 1.807) is 0 Å². The molecule has 4 heterocycles. The summed E-state index contributed by atoms with van der Waals surface area (Å²) in [4.78, 5) is 5.26. The third kappa shape index (κ3) is 4.25. The van der Waals surface area contributed by atoms with E-state index in [0.717, 1.165) is 51.4 Å². The van der Waals surface area contributed by atoms with E-state index in [9.17, 15) is 0 Å². The first kappa shape index (κ1) is 21.8. The maximum atomic E-state index is 5.87. The van der Waals surface area contributed by atoms with Gasteiger partial charge in [-0.2, -0.15) is 0 Å². The van der Waals surface area contributed by atoms with Gasteiger partial charge in [0.2, 0.25) is 0 Å². The van der Waals surface area contributed by atoms with Gasteiger partial charge in [-0.25, -0.2) is 4.68 Å². The lowest BCUT2D eigenvalue weighted by Crippen LogP contribution is -2.67. The van der Waals surface area contributed by atoms with Crippen LogP contribution in [0.5, 0.6) is 0 Å². The Morgan fingerprint density at radius 1 is 1.06 bits per heavy atom. The fourth-order valence-corrected chi connectivity index (χ4v) is 6.18. The van der Waals surface area contributed by atoms with Crippen molar-refractivity contribution >= 4 is 5.69 Å². The molecule has 0 aliphatic carbocycles. The summed E-state index contributed by atoms with van der Waals surface area (Å²) in [6.45, 7) is 8.37. The number of benzene rings is 2. The number of anilines is 1. The van der Waals surface area contributed by atoms with Crippen molar-refractivity contribution in [2.45, 2.75) is 63.8 Å². The van der Waals surface area contributed by atoms with Crippen LogP contribution in [0.3, 0.4) is 0 Å². The van der Waals surface area contributed by atoms with Gasteiger partial charge >= 0.3 is 0 Å². The van der Waals surface area contributed by atoms with Crippen LogP contribution >= 0.6 is 0 Å². The Morgan fingerprint density at radius 3 is 2.74 bits per heavy atom. The second-order valence-electron chi connectivity index (χ2n) is 10.4. The zero-order valence-corrected chi connectivity index (χ0v) is 20.2. The van der Waals surface area contributed by atoms with Crippen LogP contribution in [-0.4, -0.2) is 57.8 Å². The standard InChI is InChI=1S/C28H35N5O/c1-22-16-24(11-12-26(22)27-19-32(30-29-27)18-25-10-5-6-15-34-25)33-14-7-13-28(33)20-31(21-28)17-23-8-3-2-4-9-23/h2-4,8-9,11-12,16,19,25H,5-7,10,13-15,17-18,20-21H2,1H3. The first-order chi connectivity index (χ1) is 16.7.